The number of halogens is 3. The second-order valence-electron chi connectivity index (χ2n) is 5.17. The zero-order chi connectivity index (χ0) is 17.3. The van der Waals surface area contributed by atoms with E-state index in [1.165, 1.54) is 18.5 Å². The van der Waals surface area contributed by atoms with Gasteiger partial charge in [0.05, 0.1) is 5.69 Å². The lowest BCUT2D eigenvalue weighted by Crippen LogP contribution is -2.13. The number of hydrogen-bond donors (Lipinski definition) is 1. The first kappa shape index (κ1) is 16.0. The third-order valence-corrected chi connectivity index (χ3v) is 3.53. The van der Waals surface area contributed by atoms with Crippen molar-refractivity contribution in [2.45, 2.75) is 26.6 Å². The van der Waals surface area contributed by atoms with Crippen molar-refractivity contribution in [1.29, 1.82) is 0 Å². The van der Waals surface area contributed by atoms with Crippen LogP contribution in [-0.2, 0) is 12.7 Å². The fraction of sp³-hybridized carbons (Fsp3) is 0.267. The van der Waals surface area contributed by atoms with Crippen LogP contribution in [0.3, 0.4) is 0 Å². The standard InChI is InChI=1S/C15H14F3N5O/c1-9-11(10(2)24-22-9)8-20-13-5-7-23(21-13)14-12(15(16,17)18)4-3-6-19-14/h3-7H,8H2,1-2H3,(H,20,21). The van der Waals surface area contributed by atoms with Crippen LogP contribution in [0.5, 0.6) is 0 Å². The minimum atomic E-state index is -4.50. The molecule has 0 unspecified atom stereocenters. The van der Waals surface area contributed by atoms with Crippen molar-refractivity contribution in [2.75, 3.05) is 5.32 Å². The molecule has 0 aliphatic heterocycles. The summed E-state index contributed by atoms with van der Waals surface area (Å²) in [6, 6.07) is 3.79. The summed E-state index contributed by atoms with van der Waals surface area (Å²) >= 11 is 0. The van der Waals surface area contributed by atoms with Crippen LogP contribution in [0.1, 0.15) is 22.6 Å². The lowest BCUT2D eigenvalue weighted by molar-refractivity contribution is -0.137. The van der Waals surface area contributed by atoms with E-state index in [-0.39, 0.29) is 5.82 Å². The molecule has 24 heavy (non-hydrogen) atoms. The number of alkyl halides is 3. The summed E-state index contributed by atoms with van der Waals surface area (Å²) in [6.45, 7) is 4.02. The Balaban J connectivity index is 1.82. The highest BCUT2D eigenvalue weighted by atomic mass is 19.4. The fourth-order valence-corrected chi connectivity index (χ4v) is 2.27. The van der Waals surface area contributed by atoms with Crippen LogP contribution < -0.4 is 5.32 Å². The van der Waals surface area contributed by atoms with Gasteiger partial charge in [-0.15, -0.1) is 5.10 Å². The molecule has 126 valence electrons. The van der Waals surface area contributed by atoms with Crippen molar-refractivity contribution in [3.8, 4) is 5.82 Å². The Labute approximate surface area is 135 Å². The highest BCUT2D eigenvalue weighted by Crippen LogP contribution is 2.32. The maximum Gasteiger partial charge on any atom is 0.420 e. The summed E-state index contributed by atoms with van der Waals surface area (Å²) in [5.41, 5.74) is 0.798. The van der Waals surface area contributed by atoms with E-state index in [4.69, 9.17) is 4.52 Å². The minimum Gasteiger partial charge on any atom is -0.364 e. The van der Waals surface area contributed by atoms with Gasteiger partial charge in [-0.1, -0.05) is 5.16 Å². The molecule has 3 aromatic rings. The molecule has 0 saturated carbocycles. The minimum absolute atomic E-state index is 0.268. The Kier molecular flexibility index (Phi) is 4.00. The van der Waals surface area contributed by atoms with Gasteiger partial charge in [0.2, 0.25) is 0 Å². The summed E-state index contributed by atoms with van der Waals surface area (Å²) in [7, 11) is 0. The van der Waals surface area contributed by atoms with Gasteiger partial charge in [0, 0.05) is 30.6 Å². The molecule has 0 spiro atoms. The SMILES string of the molecule is Cc1noc(C)c1CNc1ccn(-c2ncccc2C(F)(F)F)n1. The van der Waals surface area contributed by atoms with E-state index < -0.39 is 11.7 Å². The third-order valence-electron chi connectivity index (χ3n) is 3.53. The molecular weight excluding hydrogens is 323 g/mol. The van der Waals surface area contributed by atoms with Gasteiger partial charge in [-0.25, -0.2) is 9.67 Å². The third kappa shape index (κ3) is 3.10. The van der Waals surface area contributed by atoms with Gasteiger partial charge in [-0.2, -0.15) is 13.2 Å². The van der Waals surface area contributed by atoms with Crippen LogP contribution in [0.2, 0.25) is 0 Å². The van der Waals surface area contributed by atoms with Gasteiger partial charge in [0.1, 0.15) is 17.1 Å². The topological polar surface area (TPSA) is 68.8 Å². The van der Waals surface area contributed by atoms with Crippen LogP contribution in [0.15, 0.2) is 35.1 Å². The normalized spacial score (nSPS) is 11.7. The van der Waals surface area contributed by atoms with Crippen LogP contribution in [0.25, 0.3) is 5.82 Å². The molecule has 0 atom stereocenters. The van der Waals surface area contributed by atoms with Gasteiger partial charge >= 0.3 is 6.18 Å². The van der Waals surface area contributed by atoms with E-state index in [1.807, 2.05) is 6.92 Å². The Bertz CT molecular complexity index is 833. The number of nitrogens with one attached hydrogen (secondary N) is 1. The lowest BCUT2D eigenvalue weighted by atomic mass is 10.2. The maximum atomic E-state index is 13.0. The number of pyridine rings is 1. The van der Waals surface area contributed by atoms with Gasteiger partial charge in [0.25, 0.3) is 0 Å². The molecule has 0 saturated heterocycles. The molecule has 3 heterocycles. The van der Waals surface area contributed by atoms with Gasteiger partial charge < -0.3 is 9.84 Å². The van der Waals surface area contributed by atoms with Crippen molar-refractivity contribution in [1.82, 2.24) is 19.9 Å². The van der Waals surface area contributed by atoms with E-state index >= 15 is 0 Å². The number of hydrogen-bond acceptors (Lipinski definition) is 5. The Morgan fingerprint density at radius 1 is 1.25 bits per heavy atom. The average molecular weight is 337 g/mol. The lowest BCUT2D eigenvalue weighted by Gasteiger charge is -2.11. The number of aryl methyl sites for hydroxylation is 2. The molecule has 0 fully saturated rings. The van der Waals surface area contributed by atoms with Gasteiger partial charge in [0.15, 0.2) is 5.82 Å². The second-order valence-corrected chi connectivity index (χ2v) is 5.17. The monoisotopic (exact) mass is 337 g/mol. The molecule has 3 aromatic heterocycles. The first-order valence-corrected chi connectivity index (χ1v) is 7.10. The van der Waals surface area contributed by atoms with Crippen molar-refractivity contribution in [3.63, 3.8) is 0 Å². The van der Waals surface area contributed by atoms with Crippen molar-refractivity contribution < 1.29 is 17.7 Å². The van der Waals surface area contributed by atoms with Crippen LogP contribution in [-0.4, -0.2) is 19.9 Å². The summed E-state index contributed by atoms with van der Waals surface area (Å²) in [5.74, 6) is 0.840. The van der Waals surface area contributed by atoms with Crippen molar-refractivity contribution in [3.05, 3.63) is 53.2 Å². The molecule has 0 aliphatic rings. The smallest absolute Gasteiger partial charge is 0.364 e. The van der Waals surface area contributed by atoms with E-state index in [2.05, 4.69) is 20.6 Å². The number of nitrogens with zero attached hydrogens (tertiary/aromatic N) is 4. The molecule has 0 aliphatic carbocycles. The van der Waals surface area contributed by atoms with Crippen LogP contribution in [0, 0.1) is 13.8 Å². The molecule has 6 nitrogen and oxygen atoms in total. The van der Waals surface area contributed by atoms with E-state index in [0.29, 0.717) is 18.1 Å². The molecule has 0 amide bonds. The predicted molar refractivity (Wildman–Crippen MR) is 79.7 cm³/mol. The van der Waals surface area contributed by atoms with E-state index in [9.17, 15) is 13.2 Å². The van der Waals surface area contributed by atoms with Crippen molar-refractivity contribution >= 4 is 5.82 Å². The highest BCUT2D eigenvalue weighted by Gasteiger charge is 2.34. The number of aromatic nitrogens is 4. The Morgan fingerprint density at radius 2 is 2.04 bits per heavy atom. The first-order chi connectivity index (χ1) is 11.4. The molecular formula is C15H14F3N5O. The zero-order valence-electron chi connectivity index (χ0n) is 12.9. The van der Waals surface area contributed by atoms with Crippen LogP contribution >= 0.6 is 0 Å². The summed E-state index contributed by atoms with van der Waals surface area (Å²) in [4.78, 5) is 3.79. The largest absolute Gasteiger partial charge is 0.420 e. The quantitative estimate of drug-likeness (QED) is 0.789. The van der Waals surface area contributed by atoms with Crippen molar-refractivity contribution in [2.24, 2.45) is 0 Å². The summed E-state index contributed by atoms with van der Waals surface area (Å²) in [5, 5.41) is 11.0. The fourth-order valence-electron chi connectivity index (χ4n) is 2.27. The highest BCUT2D eigenvalue weighted by molar-refractivity contribution is 5.40. The Morgan fingerprint density at radius 3 is 2.71 bits per heavy atom. The molecule has 9 heteroatoms. The number of anilines is 1. The van der Waals surface area contributed by atoms with E-state index in [0.717, 1.165) is 22.0 Å². The molecule has 1 N–H and O–H groups in total. The van der Waals surface area contributed by atoms with Crippen LogP contribution in [0.4, 0.5) is 19.0 Å². The molecule has 0 radical (unpaired) electrons. The second kappa shape index (κ2) is 5.99. The molecule has 3 rings (SSSR count). The Hall–Kier alpha value is -2.84. The molecule has 0 aromatic carbocycles. The average Bonchev–Trinajstić information content (AvgIpc) is 3.12. The maximum absolute atomic E-state index is 13.0. The predicted octanol–water partition coefficient (Wildman–Crippen LogP) is 3.50. The summed E-state index contributed by atoms with van der Waals surface area (Å²) < 4.78 is 45.3. The zero-order valence-corrected chi connectivity index (χ0v) is 12.9. The van der Waals surface area contributed by atoms with Gasteiger partial charge in [-0.3, -0.25) is 0 Å². The van der Waals surface area contributed by atoms with Gasteiger partial charge in [-0.05, 0) is 26.0 Å². The first-order valence-electron chi connectivity index (χ1n) is 7.10. The number of rotatable bonds is 4. The summed E-state index contributed by atoms with van der Waals surface area (Å²) in [6.07, 6.45) is -1.78. The molecule has 0 bridgehead atoms. The van der Waals surface area contributed by atoms with E-state index in [1.54, 1.807) is 13.0 Å².